The van der Waals surface area contributed by atoms with E-state index >= 15 is 0 Å². The van der Waals surface area contributed by atoms with Crippen molar-refractivity contribution in [1.29, 1.82) is 0 Å². The van der Waals surface area contributed by atoms with Gasteiger partial charge >= 0.3 is 5.97 Å². The third-order valence-electron chi connectivity index (χ3n) is 4.42. The summed E-state index contributed by atoms with van der Waals surface area (Å²) in [5.74, 6) is 1.47. The fraction of sp³-hybridized carbons (Fsp3) is 0.647. The summed E-state index contributed by atoms with van der Waals surface area (Å²) in [7, 11) is 0. The van der Waals surface area contributed by atoms with E-state index in [0.717, 1.165) is 49.3 Å². The van der Waals surface area contributed by atoms with Crippen molar-refractivity contribution in [3.8, 4) is 0 Å². The minimum Gasteiger partial charge on any atom is -0.478 e. The van der Waals surface area contributed by atoms with Crippen LogP contribution in [0.25, 0.3) is 0 Å². The van der Waals surface area contributed by atoms with Crippen molar-refractivity contribution < 1.29 is 9.90 Å². The molecule has 0 unspecified atom stereocenters. The highest BCUT2D eigenvalue weighted by molar-refractivity contribution is 5.88. The van der Waals surface area contributed by atoms with Gasteiger partial charge in [0.25, 0.3) is 0 Å². The summed E-state index contributed by atoms with van der Waals surface area (Å²) in [6.07, 6.45) is 4.14. The molecule has 4 heteroatoms. The molecular formula is C17H26N2O2. The zero-order valence-corrected chi connectivity index (χ0v) is 13.3. The fourth-order valence-electron chi connectivity index (χ4n) is 3.04. The van der Waals surface area contributed by atoms with Crippen LogP contribution < -0.4 is 4.90 Å². The molecule has 1 aliphatic rings. The number of rotatable bonds is 5. The van der Waals surface area contributed by atoms with Gasteiger partial charge in [-0.25, -0.2) is 9.78 Å². The van der Waals surface area contributed by atoms with Crippen molar-refractivity contribution in [1.82, 2.24) is 4.98 Å². The molecule has 2 heterocycles. The number of aromatic carboxylic acids is 1. The first kappa shape index (κ1) is 15.8. The molecule has 1 aromatic heterocycles. The van der Waals surface area contributed by atoms with Gasteiger partial charge in [-0.1, -0.05) is 27.2 Å². The van der Waals surface area contributed by atoms with Crippen LogP contribution in [0.5, 0.6) is 0 Å². The molecule has 0 aromatic carbocycles. The van der Waals surface area contributed by atoms with E-state index < -0.39 is 5.97 Å². The van der Waals surface area contributed by atoms with Crippen LogP contribution in [0.15, 0.2) is 12.1 Å². The van der Waals surface area contributed by atoms with Gasteiger partial charge in [0, 0.05) is 18.8 Å². The third-order valence-corrected chi connectivity index (χ3v) is 4.42. The number of pyridine rings is 1. The van der Waals surface area contributed by atoms with Crippen LogP contribution in [0.3, 0.4) is 0 Å². The van der Waals surface area contributed by atoms with E-state index in [9.17, 15) is 9.90 Å². The summed E-state index contributed by atoms with van der Waals surface area (Å²) < 4.78 is 0. The first-order valence-electron chi connectivity index (χ1n) is 8.00. The van der Waals surface area contributed by atoms with Crippen LogP contribution in [0.1, 0.15) is 56.1 Å². The molecule has 116 valence electrons. The summed E-state index contributed by atoms with van der Waals surface area (Å²) >= 11 is 0. The molecule has 0 aliphatic carbocycles. The van der Waals surface area contributed by atoms with E-state index in [1.165, 1.54) is 12.8 Å². The first-order chi connectivity index (χ1) is 10.0. The molecule has 21 heavy (non-hydrogen) atoms. The van der Waals surface area contributed by atoms with Gasteiger partial charge in [-0.05, 0) is 43.2 Å². The van der Waals surface area contributed by atoms with E-state index in [0.29, 0.717) is 5.56 Å². The quantitative estimate of drug-likeness (QED) is 0.900. The molecule has 1 aliphatic heterocycles. The highest BCUT2D eigenvalue weighted by atomic mass is 16.4. The maximum absolute atomic E-state index is 11.3. The van der Waals surface area contributed by atoms with Crippen molar-refractivity contribution >= 4 is 11.8 Å². The van der Waals surface area contributed by atoms with Gasteiger partial charge in [0.2, 0.25) is 0 Å². The first-order valence-corrected chi connectivity index (χ1v) is 8.00. The van der Waals surface area contributed by atoms with E-state index in [4.69, 9.17) is 0 Å². The highest BCUT2D eigenvalue weighted by Gasteiger charge is 2.23. The predicted molar refractivity (Wildman–Crippen MR) is 85.0 cm³/mol. The van der Waals surface area contributed by atoms with Crippen molar-refractivity contribution in [2.75, 3.05) is 18.0 Å². The lowest BCUT2D eigenvalue weighted by Crippen LogP contribution is -2.36. The summed E-state index contributed by atoms with van der Waals surface area (Å²) in [6, 6.07) is 3.42. The minimum atomic E-state index is -0.868. The van der Waals surface area contributed by atoms with Crippen LogP contribution in [-0.2, 0) is 6.42 Å². The molecule has 1 N–H and O–H groups in total. The van der Waals surface area contributed by atoms with Crippen molar-refractivity contribution in [3.05, 3.63) is 23.4 Å². The molecule has 1 fully saturated rings. The zero-order chi connectivity index (χ0) is 15.4. The molecule has 2 rings (SSSR count). The Hall–Kier alpha value is -1.58. The monoisotopic (exact) mass is 290 g/mol. The normalized spacial score (nSPS) is 16.5. The number of carboxylic acids is 1. The van der Waals surface area contributed by atoms with Gasteiger partial charge in [-0.3, -0.25) is 0 Å². The van der Waals surface area contributed by atoms with Crippen LogP contribution in [0.4, 0.5) is 5.82 Å². The molecule has 0 radical (unpaired) electrons. The van der Waals surface area contributed by atoms with Gasteiger partial charge in [0.1, 0.15) is 5.82 Å². The number of aromatic nitrogens is 1. The Kier molecular flexibility index (Phi) is 5.21. The molecular weight excluding hydrogens is 264 g/mol. The number of carboxylic acid groups (broad SMARTS) is 1. The molecule has 0 saturated carbocycles. The number of piperidine rings is 1. The van der Waals surface area contributed by atoms with Gasteiger partial charge in [-0.15, -0.1) is 0 Å². The number of aryl methyl sites for hydroxylation is 1. The second-order valence-electron chi connectivity index (χ2n) is 6.33. The molecule has 0 bridgehead atoms. The van der Waals surface area contributed by atoms with E-state index in [1.54, 1.807) is 12.1 Å². The Bertz CT molecular complexity index is 492. The van der Waals surface area contributed by atoms with Crippen molar-refractivity contribution in [2.24, 2.45) is 11.8 Å². The largest absolute Gasteiger partial charge is 0.478 e. The Balaban J connectivity index is 2.17. The lowest BCUT2D eigenvalue weighted by Gasteiger charge is -2.34. The van der Waals surface area contributed by atoms with E-state index in [-0.39, 0.29) is 0 Å². The lowest BCUT2D eigenvalue weighted by molar-refractivity contribution is 0.0696. The molecule has 1 saturated heterocycles. The van der Waals surface area contributed by atoms with E-state index in [2.05, 4.69) is 30.7 Å². The Morgan fingerprint density at radius 3 is 2.57 bits per heavy atom. The van der Waals surface area contributed by atoms with Crippen molar-refractivity contribution in [2.45, 2.75) is 46.5 Å². The van der Waals surface area contributed by atoms with Gasteiger partial charge in [0.15, 0.2) is 0 Å². The Labute approximate surface area is 127 Å². The predicted octanol–water partition coefficient (Wildman–Crippen LogP) is 3.60. The SMILES string of the molecule is CCCc1cc(C(=O)O)cc(N2CCC(C(C)C)CC2)n1. The summed E-state index contributed by atoms with van der Waals surface area (Å²) in [5, 5.41) is 9.27. The third kappa shape index (κ3) is 3.96. The number of carbonyl (C=O) groups is 1. The highest BCUT2D eigenvalue weighted by Crippen LogP contribution is 2.27. The molecule has 0 spiro atoms. The summed E-state index contributed by atoms with van der Waals surface area (Å²) in [6.45, 7) is 8.60. The average molecular weight is 290 g/mol. The van der Waals surface area contributed by atoms with Gasteiger partial charge in [-0.2, -0.15) is 0 Å². The van der Waals surface area contributed by atoms with Gasteiger partial charge in [0.05, 0.1) is 5.56 Å². The number of nitrogens with zero attached hydrogens (tertiary/aromatic N) is 2. The van der Waals surface area contributed by atoms with Crippen LogP contribution in [0, 0.1) is 11.8 Å². The smallest absolute Gasteiger partial charge is 0.335 e. The molecule has 0 atom stereocenters. The second-order valence-corrected chi connectivity index (χ2v) is 6.33. The number of hydrogen-bond acceptors (Lipinski definition) is 3. The van der Waals surface area contributed by atoms with Crippen LogP contribution in [0.2, 0.25) is 0 Å². The van der Waals surface area contributed by atoms with Gasteiger partial charge < -0.3 is 10.0 Å². The van der Waals surface area contributed by atoms with Crippen molar-refractivity contribution in [3.63, 3.8) is 0 Å². The number of anilines is 1. The maximum Gasteiger partial charge on any atom is 0.335 e. The second kappa shape index (κ2) is 6.92. The summed E-state index contributed by atoms with van der Waals surface area (Å²) in [5.41, 5.74) is 1.24. The maximum atomic E-state index is 11.3. The standard InChI is InChI=1S/C17H26N2O2/c1-4-5-15-10-14(17(20)21)11-16(18-15)19-8-6-13(7-9-19)12(2)3/h10-13H,4-9H2,1-3H3,(H,20,21). The zero-order valence-electron chi connectivity index (χ0n) is 13.3. The molecule has 0 amide bonds. The average Bonchev–Trinajstić information content (AvgIpc) is 2.47. The van der Waals surface area contributed by atoms with Crippen LogP contribution in [-0.4, -0.2) is 29.1 Å². The van der Waals surface area contributed by atoms with E-state index in [1.807, 2.05) is 0 Å². The summed E-state index contributed by atoms with van der Waals surface area (Å²) in [4.78, 5) is 18.2. The fourth-order valence-corrected chi connectivity index (χ4v) is 3.04. The molecule has 1 aromatic rings. The lowest BCUT2D eigenvalue weighted by atomic mass is 9.87. The Morgan fingerprint density at radius 1 is 1.38 bits per heavy atom. The molecule has 4 nitrogen and oxygen atoms in total. The number of hydrogen-bond donors (Lipinski definition) is 1. The topological polar surface area (TPSA) is 53.4 Å². The van der Waals surface area contributed by atoms with Crippen LogP contribution >= 0.6 is 0 Å². The minimum absolute atomic E-state index is 0.356. The Morgan fingerprint density at radius 2 is 2.05 bits per heavy atom.